The van der Waals surface area contributed by atoms with E-state index >= 15 is 0 Å². The number of aromatic nitrogens is 4. The minimum absolute atomic E-state index is 0.180. The second-order valence-electron chi connectivity index (χ2n) is 8.68. The van der Waals surface area contributed by atoms with Crippen LogP contribution in [0.25, 0.3) is 34.7 Å². The molecule has 5 rings (SSSR count). The lowest BCUT2D eigenvalue weighted by atomic mass is 10.00. The quantitative estimate of drug-likeness (QED) is 0.443. The van der Waals surface area contributed by atoms with Crippen molar-refractivity contribution in [1.82, 2.24) is 24.0 Å². The van der Waals surface area contributed by atoms with Gasteiger partial charge in [0.1, 0.15) is 5.69 Å². The van der Waals surface area contributed by atoms with Crippen LogP contribution in [0.2, 0.25) is 0 Å². The number of benzene rings is 2. The van der Waals surface area contributed by atoms with Crippen LogP contribution in [0.15, 0.2) is 70.3 Å². The van der Waals surface area contributed by atoms with Crippen LogP contribution < -0.4 is 11.2 Å². The van der Waals surface area contributed by atoms with Crippen molar-refractivity contribution in [3.63, 3.8) is 0 Å². The first-order chi connectivity index (χ1) is 17.0. The zero-order chi connectivity index (χ0) is 24.5. The summed E-state index contributed by atoms with van der Waals surface area (Å²) in [6, 6.07) is 20.3. The molecule has 0 fully saturated rings. The van der Waals surface area contributed by atoms with E-state index in [1.165, 1.54) is 11.6 Å². The molecule has 0 aliphatic carbocycles. The lowest BCUT2D eigenvalue weighted by Crippen LogP contribution is -2.38. The van der Waals surface area contributed by atoms with Gasteiger partial charge in [-0.1, -0.05) is 74.0 Å². The van der Waals surface area contributed by atoms with Crippen molar-refractivity contribution in [2.24, 2.45) is 14.1 Å². The molecule has 0 amide bonds. The summed E-state index contributed by atoms with van der Waals surface area (Å²) in [5.74, 6) is 0. The fraction of sp³-hybridized carbons (Fsp3) is 0.214. The molecule has 1 aliphatic rings. The summed E-state index contributed by atoms with van der Waals surface area (Å²) in [6.07, 6.45) is 6.13. The fourth-order valence-corrected chi connectivity index (χ4v) is 4.39. The van der Waals surface area contributed by atoms with E-state index in [1.807, 2.05) is 54.6 Å². The number of hydrogen-bond acceptors (Lipinski definition) is 5. The average molecular weight is 466 g/mol. The van der Waals surface area contributed by atoms with Crippen LogP contribution in [-0.4, -0.2) is 30.5 Å². The molecule has 0 atom stereocenters. The van der Waals surface area contributed by atoms with Crippen LogP contribution in [0.3, 0.4) is 0 Å². The Hall–Kier alpha value is -4.26. The summed E-state index contributed by atoms with van der Waals surface area (Å²) in [4.78, 5) is 37.4. The maximum atomic E-state index is 13.0. The summed E-state index contributed by atoms with van der Waals surface area (Å²) >= 11 is 0. The van der Waals surface area contributed by atoms with E-state index in [1.54, 1.807) is 7.05 Å². The van der Waals surface area contributed by atoms with Gasteiger partial charge in [-0.05, 0) is 29.7 Å². The SMILES string of the molecule is CCCCN1C(c2ccccc2)=Cc2nc3c(nc2/C1=C\c1ccccc1)c(=O)n(C)c(=O)n3C. The van der Waals surface area contributed by atoms with E-state index in [2.05, 4.69) is 30.0 Å². The number of fused-ring (bicyclic) bond motifs is 2. The Bertz CT molecular complexity index is 1580. The molecule has 4 aromatic rings. The topological polar surface area (TPSA) is 73.0 Å². The molecule has 0 N–H and O–H groups in total. The smallest absolute Gasteiger partial charge is 0.332 e. The van der Waals surface area contributed by atoms with Crippen LogP contribution in [0, 0.1) is 0 Å². The van der Waals surface area contributed by atoms with E-state index in [0.717, 1.165) is 46.5 Å². The lowest BCUT2D eigenvalue weighted by Gasteiger charge is -2.34. The zero-order valence-corrected chi connectivity index (χ0v) is 20.1. The van der Waals surface area contributed by atoms with Crippen LogP contribution in [-0.2, 0) is 14.1 Å². The Labute approximate surface area is 203 Å². The summed E-state index contributed by atoms with van der Waals surface area (Å²) in [5.41, 5.74) is 4.83. The molecule has 176 valence electrons. The lowest BCUT2D eigenvalue weighted by molar-refractivity contribution is 0.525. The monoisotopic (exact) mass is 465 g/mol. The molecule has 0 radical (unpaired) electrons. The van der Waals surface area contributed by atoms with Gasteiger partial charge in [-0.2, -0.15) is 0 Å². The molecule has 0 saturated heterocycles. The molecular weight excluding hydrogens is 438 g/mol. The summed E-state index contributed by atoms with van der Waals surface area (Å²) in [6.45, 7) is 2.96. The van der Waals surface area contributed by atoms with Gasteiger partial charge in [-0.3, -0.25) is 13.9 Å². The van der Waals surface area contributed by atoms with Crippen molar-refractivity contribution in [3.05, 3.63) is 104 Å². The largest absolute Gasteiger partial charge is 0.339 e. The molecule has 7 heteroatoms. The summed E-state index contributed by atoms with van der Waals surface area (Å²) in [5, 5.41) is 0. The van der Waals surface area contributed by atoms with Crippen molar-refractivity contribution in [3.8, 4) is 0 Å². The molecular formula is C28H27N5O2. The van der Waals surface area contributed by atoms with Gasteiger partial charge in [-0.25, -0.2) is 14.8 Å². The number of aryl methyl sites for hydroxylation is 1. The highest BCUT2D eigenvalue weighted by atomic mass is 16.2. The second-order valence-corrected chi connectivity index (χ2v) is 8.68. The number of nitrogens with zero attached hydrogens (tertiary/aromatic N) is 5. The summed E-state index contributed by atoms with van der Waals surface area (Å²) in [7, 11) is 3.08. The van der Waals surface area contributed by atoms with Crippen molar-refractivity contribution < 1.29 is 0 Å². The van der Waals surface area contributed by atoms with E-state index in [4.69, 9.17) is 9.97 Å². The molecule has 3 heterocycles. The third-order valence-electron chi connectivity index (χ3n) is 6.31. The first-order valence-electron chi connectivity index (χ1n) is 11.8. The Morgan fingerprint density at radius 2 is 1.57 bits per heavy atom. The zero-order valence-electron chi connectivity index (χ0n) is 20.1. The van der Waals surface area contributed by atoms with Crippen LogP contribution >= 0.6 is 0 Å². The highest BCUT2D eigenvalue weighted by molar-refractivity contribution is 5.97. The van der Waals surface area contributed by atoms with Gasteiger partial charge in [0.05, 0.1) is 17.1 Å². The molecule has 2 aromatic carbocycles. The molecule has 7 nitrogen and oxygen atoms in total. The molecule has 0 saturated carbocycles. The third kappa shape index (κ3) is 3.99. The molecule has 0 bridgehead atoms. The number of hydrogen-bond donors (Lipinski definition) is 0. The van der Waals surface area contributed by atoms with E-state index < -0.39 is 11.2 Å². The predicted molar refractivity (Wildman–Crippen MR) is 140 cm³/mol. The first-order valence-corrected chi connectivity index (χ1v) is 11.8. The van der Waals surface area contributed by atoms with Crippen molar-refractivity contribution >= 4 is 34.7 Å². The molecule has 0 unspecified atom stereocenters. The van der Waals surface area contributed by atoms with Gasteiger partial charge in [0.15, 0.2) is 11.2 Å². The van der Waals surface area contributed by atoms with Gasteiger partial charge < -0.3 is 4.90 Å². The van der Waals surface area contributed by atoms with Crippen molar-refractivity contribution in [1.29, 1.82) is 0 Å². The van der Waals surface area contributed by atoms with Crippen molar-refractivity contribution in [2.45, 2.75) is 19.8 Å². The van der Waals surface area contributed by atoms with E-state index in [9.17, 15) is 9.59 Å². The van der Waals surface area contributed by atoms with E-state index in [0.29, 0.717) is 11.4 Å². The highest BCUT2D eigenvalue weighted by Gasteiger charge is 2.28. The normalized spacial score (nSPS) is 14.3. The Balaban J connectivity index is 1.86. The number of unbranched alkanes of at least 4 members (excludes halogenated alkanes) is 1. The van der Waals surface area contributed by atoms with Crippen LogP contribution in [0.1, 0.15) is 42.3 Å². The first kappa shape index (κ1) is 22.5. The highest BCUT2D eigenvalue weighted by Crippen LogP contribution is 2.38. The van der Waals surface area contributed by atoms with Gasteiger partial charge in [0.25, 0.3) is 5.56 Å². The van der Waals surface area contributed by atoms with Gasteiger partial charge >= 0.3 is 5.69 Å². The molecule has 35 heavy (non-hydrogen) atoms. The Morgan fingerprint density at radius 3 is 2.26 bits per heavy atom. The molecule has 1 aliphatic heterocycles. The molecule has 0 spiro atoms. The Morgan fingerprint density at radius 1 is 0.886 bits per heavy atom. The van der Waals surface area contributed by atoms with Crippen LogP contribution in [0.4, 0.5) is 0 Å². The van der Waals surface area contributed by atoms with Gasteiger partial charge in [0, 0.05) is 20.6 Å². The van der Waals surface area contributed by atoms with Gasteiger partial charge in [-0.15, -0.1) is 0 Å². The predicted octanol–water partition coefficient (Wildman–Crippen LogP) is 4.14. The standard InChI is InChI=1S/C28H27N5O2/c1-4-5-16-33-22(20-14-10-7-11-15-20)18-21-24(23(33)17-19-12-8-6-9-13-19)30-25-26(29-21)31(2)28(35)32(3)27(25)34/h6-15,17-18H,4-5,16H2,1-3H3/b23-17+. The van der Waals surface area contributed by atoms with Crippen LogP contribution in [0.5, 0.6) is 0 Å². The third-order valence-corrected chi connectivity index (χ3v) is 6.31. The fourth-order valence-electron chi connectivity index (χ4n) is 4.39. The maximum Gasteiger partial charge on any atom is 0.332 e. The average Bonchev–Trinajstić information content (AvgIpc) is 2.90. The van der Waals surface area contributed by atoms with E-state index in [-0.39, 0.29) is 11.2 Å². The summed E-state index contributed by atoms with van der Waals surface area (Å²) < 4.78 is 2.46. The number of rotatable bonds is 5. The second kappa shape index (κ2) is 9.18. The molecule has 2 aromatic heterocycles. The van der Waals surface area contributed by atoms with Gasteiger partial charge in [0.2, 0.25) is 0 Å². The minimum atomic E-state index is -0.449. The maximum absolute atomic E-state index is 13.0. The van der Waals surface area contributed by atoms with Crippen molar-refractivity contribution in [2.75, 3.05) is 6.54 Å². The minimum Gasteiger partial charge on any atom is -0.339 e. The Kier molecular flexibility index (Phi) is 5.91.